The lowest BCUT2D eigenvalue weighted by Crippen LogP contribution is -2.38. The summed E-state index contributed by atoms with van der Waals surface area (Å²) >= 11 is 0. The average molecular weight is 634 g/mol. The lowest BCUT2D eigenvalue weighted by Gasteiger charge is -2.37. The van der Waals surface area contributed by atoms with Crippen LogP contribution in [0.5, 0.6) is 11.5 Å². The Kier molecular flexibility index (Phi) is 9.24. The van der Waals surface area contributed by atoms with Crippen LogP contribution in [0, 0.1) is 22.0 Å². The van der Waals surface area contributed by atoms with Gasteiger partial charge in [0.1, 0.15) is 29.4 Å². The maximum absolute atomic E-state index is 11.5. The SMILES string of the molecule is COc1ccc(C(OCC2OC(n3cc(C#CCN)c4cc([N+](=O)[O-])ccc43)CC2O)(c2ccccc2)c2ccc(OC)cc2)cc1. The maximum Gasteiger partial charge on any atom is 0.270 e. The first-order chi connectivity index (χ1) is 22.9. The normalized spacial score (nSPS) is 17.7. The van der Waals surface area contributed by atoms with Crippen LogP contribution < -0.4 is 15.2 Å². The van der Waals surface area contributed by atoms with Crippen molar-refractivity contribution >= 4 is 16.6 Å². The van der Waals surface area contributed by atoms with Crippen LogP contribution in [-0.2, 0) is 15.1 Å². The Labute approximate surface area is 272 Å². The first-order valence-electron chi connectivity index (χ1n) is 15.2. The Bertz CT molecular complexity index is 1860. The zero-order chi connectivity index (χ0) is 33.0. The summed E-state index contributed by atoms with van der Waals surface area (Å²) in [6.45, 7) is 0.195. The minimum absolute atomic E-state index is 0.0426. The molecule has 0 saturated carbocycles. The first-order valence-corrected chi connectivity index (χ1v) is 15.2. The number of nitro groups is 1. The molecule has 1 saturated heterocycles. The van der Waals surface area contributed by atoms with E-state index in [4.69, 9.17) is 24.7 Å². The number of aliphatic hydroxyl groups excluding tert-OH is 1. The number of rotatable bonds is 10. The average Bonchev–Trinajstić information content (AvgIpc) is 3.67. The summed E-state index contributed by atoms with van der Waals surface area (Å²) in [4.78, 5) is 11.1. The van der Waals surface area contributed by atoms with Crippen LogP contribution in [0.25, 0.3) is 10.9 Å². The molecule has 0 amide bonds. The molecular formula is C37H35N3O7. The van der Waals surface area contributed by atoms with Gasteiger partial charge in [0.05, 0.1) is 49.5 Å². The molecule has 1 aromatic heterocycles. The predicted octanol–water partition coefficient (Wildman–Crippen LogP) is 5.53. The summed E-state index contributed by atoms with van der Waals surface area (Å²) in [5.41, 5.74) is 8.40. The van der Waals surface area contributed by atoms with Crippen molar-refractivity contribution in [2.24, 2.45) is 5.73 Å². The summed E-state index contributed by atoms with van der Waals surface area (Å²) in [6.07, 6.45) is -0.0326. The molecule has 0 spiro atoms. The number of hydrogen-bond acceptors (Lipinski definition) is 8. The summed E-state index contributed by atoms with van der Waals surface area (Å²) in [6, 6.07) is 30.0. The summed E-state index contributed by atoms with van der Waals surface area (Å²) in [5, 5.41) is 23.4. The molecule has 5 aromatic rings. The van der Waals surface area contributed by atoms with E-state index in [9.17, 15) is 15.2 Å². The summed E-state index contributed by atoms with van der Waals surface area (Å²) in [7, 11) is 3.25. The number of fused-ring (bicyclic) bond motifs is 1. The Balaban J connectivity index is 1.37. The third-order valence-electron chi connectivity index (χ3n) is 8.50. The van der Waals surface area contributed by atoms with Crippen molar-refractivity contribution in [1.29, 1.82) is 0 Å². The third-order valence-corrected chi connectivity index (χ3v) is 8.50. The van der Waals surface area contributed by atoms with Gasteiger partial charge in [0.25, 0.3) is 5.69 Å². The van der Waals surface area contributed by atoms with E-state index in [1.54, 1.807) is 26.5 Å². The Morgan fingerprint density at radius 1 is 0.957 bits per heavy atom. The van der Waals surface area contributed by atoms with Gasteiger partial charge in [-0.2, -0.15) is 0 Å². The molecule has 1 aliphatic heterocycles. The van der Waals surface area contributed by atoms with Crippen LogP contribution in [0.4, 0.5) is 5.69 Å². The largest absolute Gasteiger partial charge is 0.497 e. The highest BCUT2D eigenvalue weighted by Gasteiger charge is 2.42. The molecular weight excluding hydrogens is 598 g/mol. The number of methoxy groups -OCH3 is 2. The number of aromatic nitrogens is 1. The van der Waals surface area contributed by atoms with E-state index in [0.717, 1.165) is 16.7 Å². The van der Waals surface area contributed by atoms with Gasteiger partial charge in [0.2, 0.25) is 0 Å². The number of aliphatic hydroxyl groups is 1. The van der Waals surface area contributed by atoms with Gasteiger partial charge >= 0.3 is 0 Å². The molecule has 47 heavy (non-hydrogen) atoms. The minimum atomic E-state index is -1.08. The second kappa shape index (κ2) is 13.7. The van der Waals surface area contributed by atoms with Gasteiger partial charge in [-0.05, 0) is 47.0 Å². The number of nitro benzene ring substituents is 1. The Morgan fingerprint density at radius 3 is 2.15 bits per heavy atom. The van der Waals surface area contributed by atoms with Crippen molar-refractivity contribution in [3.05, 3.63) is 136 Å². The van der Waals surface area contributed by atoms with Crippen LogP contribution in [-0.4, -0.2) is 54.2 Å². The Morgan fingerprint density at radius 2 is 1.57 bits per heavy atom. The highest BCUT2D eigenvalue weighted by molar-refractivity contribution is 5.89. The van der Waals surface area contributed by atoms with Gasteiger partial charge < -0.3 is 34.4 Å². The minimum Gasteiger partial charge on any atom is -0.497 e. The lowest BCUT2D eigenvalue weighted by atomic mass is 9.80. The number of nitrogens with two attached hydrogens (primary N) is 1. The molecule has 0 aliphatic carbocycles. The molecule has 6 rings (SSSR count). The van der Waals surface area contributed by atoms with E-state index < -0.39 is 29.0 Å². The quantitative estimate of drug-likeness (QED) is 0.0888. The monoisotopic (exact) mass is 633 g/mol. The van der Waals surface area contributed by atoms with Crippen molar-refractivity contribution in [2.75, 3.05) is 27.4 Å². The van der Waals surface area contributed by atoms with Crippen molar-refractivity contribution < 1.29 is 29.0 Å². The standard InChI is InChI=1S/C37H35N3O7/c1-44-30-15-10-27(11-16-30)37(26-8-4-3-5-9-26,28-12-17-31(45-2)18-13-28)46-24-35-34(41)22-36(47-35)39-23-25(7-6-20-38)32-21-29(40(42)43)14-19-33(32)39/h3-5,8-19,21,23,34-36,41H,20,22,24,38H2,1-2H3. The van der Waals surface area contributed by atoms with Gasteiger partial charge in [-0.15, -0.1) is 0 Å². The fourth-order valence-electron chi connectivity index (χ4n) is 6.16. The smallest absolute Gasteiger partial charge is 0.270 e. The number of non-ortho nitro benzene ring substituents is 1. The molecule has 240 valence electrons. The highest BCUT2D eigenvalue weighted by atomic mass is 16.6. The first kappa shape index (κ1) is 31.8. The highest BCUT2D eigenvalue weighted by Crippen LogP contribution is 2.43. The van der Waals surface area contributed by atoms with Crippen molar-refractivity contribution in [3.8, 4) is 23.3 Å². The number of hydrogen-bond donors (Lipinski definition) is 2. The molecule has 3 N–H and O–H groups in total. The molecule has 4 aromatic carbocycles. The van der Waals surface area contributed by atoms with Crippen LogP contribution in [0.3, 0.4) is 0 Å². The van der Waals surface area contributed by atoms with Gasteiger partial charge in [-0.3, -0.25) is 10.1 Å². The lowest BCUT2D eigenvalue weighted by molar-refractivity contribution is -0.384. The van der Waals surface area contributed by atoms with E-state index in [1.807, 2.05) is 83.4 Å². The number of ether oxygens (including phenoxy) is 4. The summed E-state index contributed by atoms with van der Waals surface area (Å²) in [5.74, 6) is 7.27. The molecule has 10 heteroatoms. The predicted molar refractivity (Wildman–Crippen MR) is 177 cm³/mol. The summed E-state index contributed by atoms with van der Waals surface area (Å²) < 4.78 is 26.2. The van der Waals surface area contributed by atoms with Crippen molar-refractivity contribution in [1.82, 2.24) is 4.57 Å². The molecule has 2 heterocycles. The van der Waals surface area contributed by atoms with Crippen LogP contribution >= 0.6 is 0 Å². The van der Waals surface area contributed by atoms with Crippen LogP contribution in [0.2, 0.25) is 0 Å². The second-order valence-electron chi connectivity index (χ2n) is 11.2. The molecule has 1 aliphatic rings. The molecule has 0 radical (unpaired) electrons. The van der Waals surface area contributed by atoms with Gasteiger partial charge in [-0.25, -0.2) is 0 Å². The fraction of sp³-hybridized carbons (Fsp3) is 0.243. The van der Waals surface area contributed by atoms with Crippen molar-refractivity contribution in [3.63, 3.8) is 0 Å². The zero-order valence-electron chi connectivity index (χ0n) is 26.0. The second-order valence-corrected chi connectivity index (χ2v) is 11.2. The van der Waals surface area contributed by atoms with Gasteiger partial charge in [0, 0.05) is 30.1 Å². The molecule has 3 atom stereocenters. The molecule has 1 fully saturated rings. The van der Waals surface area contributed by atoms with Gasteiger partial charge in [0.15, 0.2) is 0 Å². The fourth-order valence-corrected chi connectivity index (χ4v) is 6.16. The van der Waals surface area contributed by atoms with E-state index in [-0.39, 0.29) is 25.3 Å². The topological polar surface area (TPSA) is 131 Å². The van der Waals surface area contributed by atoms with E-state index >= 15 is 0 Å². The van der Waals surface area contributed by atoms with Gasteiger partial charge in [-0.1, -0.05) is 66.4 Å². The van der Waals surface area contributed by atoms with Crippen LogP contribution in [0.1, 0.15) is 34.9 Å². The number of benzene rings is 4. The van der Waals surface area contributed by atoms with E-state index in [0.29, 0.717) is 28.0 Å². The van der Waals surface area contributed by atoms with Crippen LogP contribution in [0.15, 0.2) is 103 Å². The molecule has 0 bridgehead atoms. The number of nitrogens with zero attached hydrogens (tertiary/aromatic N) is 2. The molecule has 10 nitrogen and oxygen atoms in total. The maximum atomic E-state index is 11.5. The molecule has 3 unspecified atom stereocenters. The van der Waals surface area contributed by atoms with Crippen molar-refractivity contribution in [2.45, 2.75) is 30.5 Å². The Hall–Kier alpha value is -5.18. The third kappa shape index (κ3) is 6.17. The zero-order valence-corrected chi connectivity index (χ0v) is 26.0. The van der Waals surface area contributed by atoms with E-state index in [2.05, 4.69) is 11.8 Å². The van der Waals surface area contributed by atoms with E-state index in [1.165, 1.54) is 12.1 Å².